The van der Waals surface area contributed by atoms with Crippen molar-refractivity contribution >= 4 is 21.5 Å². The molecule has 0 saturated heterocycles. The van der Waals surface area contributed by atoms with Crippen molar-refractivity contribution in [3.63, 3.8) is 0 Å². The van der Waals surface area contributed by atoms with Crippen LogP contribution in [-0.4, -0.2) is 9.97 Å². The Bertz CT molecular complexity index is 2290. The maximum Gasteiger partial charge on any atom is 0.293 e. The first kappa shape index (κ1) is 35.3. The van der Waals surface area contributed by atoms with E-state index >= 15 is 8.78 Å². The predicted octanol–water partition coefficient (Wildman–Crippen LogP) is 12.1. The largest absolute Gasteiger partial charge is 0.305 e. The summed E-state index contributed by atoms with van der Waals surface area (Å²) in [4.78, 5) is 8.89. The zero-order valence-electron chi connectivity index (χ0n) is 29.0. The Labute approximate surface area is 307 Å². The van der Waals surface area contributed by atoms with Gasteiger partial charge < -0.3 is 9.97 Å². The Kier molecular flexibility index (Phi) is 9.37. The Hall–Kier alpha value is -4.57. The molecule has 2 nitrogen and oxygen atoms in total. The first-order valence-corrected chi connectivity index (χ1v) is 16.6. The van der Waals surface area contributed by atoms with Gasteiger partial charge in [0.15, 0.2) is 0 Å². The van der Waals surface area contributed by atoms with Crippen LogP contribution in [0, 0.1) is 12.1 Å². The number of fused-ring (bicyclic) bond motifs is 6. The molecule has 253 valence electrons. The summed E-state index contributed by atoms with van der Waals surface area (Å²) in [5, 5.41) is 3.78. The number of hydrogen-bond donors (Lipinski definition) is 0. The van der Waals surface area contributed by atoms with Crippen LogP contribution >= 0.6 is 0 Å². The van der Waals surface area contributed by atoms with Gasteiger partial charge in [0.2, 0.25) is 0 Å². The van der Waals surface area contributed by atoms with Gasteiger partial charge in [0.25, 0.3) is 5.92 Å². The van der Waals surface area contributed by atoms with Gasteiger partial charge in [-0.25, -0.2) is 0 Å². The third kappa shape index (κ3) is 6.53. The molecule has 50 heavy (non-hydrogen) atoms. The van der Waals surface area contributed by atoms with Crippen LogP contribution in [0.2, 0.25) is 0 Å². The third-order valence-corrected chi connectivity index (χ3v) is 9.31. The molecule has 2 heterocycles. The minimum atomic E-state index is -3.11. The van der Waals surface area contributed by atoms with E-state index in [9.17, 15) is 0 Å². The molecule has 0 bridgehead atoms. The van der Waals surface area contributed by atoms with Gasteiger partial charge in [0.1, 0.15) is 0 Å². The molecule has 0 amide bonds. The van der Waals surface area contributed by atoms with Crippen LogP contribution < -0.4 is 0 Å². The number of nitrogens with zero attached hydrogens (tertiary/aromatic N) is 2. The second-order valence-electron chi connectivity index (χ2n) is 14.8. The van der Waals surface area contributed by atoms with Crippen molar-refractivity contribution in [1.82, 2.24) is 9.97 Å². The zero-order chi connectivity index (χ0) is 34.6. The number of hydrogen-bond acceptors (Lipinski definition) is 2. The molecule has 8 rings (SSSR count). The fraction of sp³-hybridized carbons (Fsp3) is 0.200. The molecular weight excluding hydrogens is 799 g/mol. The van der Waals surface area contributed by atoms with E-state index in [0.717, 1.165) is 32.8 Å². The van der Waals surface area contributed by atoms with E-state index in [-0.39, 0.29) is 42.1 Å². The average molecular weight is 837 g/mol. The van der Waals surface area contributed by atoms with Crippen molar-refractivity contribution in [2.45, 2.75) is 58.3 Å². The number of halogens is 2. The van der Waals surface area contributed by atoms with Gasteiger partial charge in [-0.1, -0.05) is 114 Å². The third-order valence-electron chi connectivity index (χ3n) is 9.31. The van der Waals surface area contributed by atoms with E-state index < -0.39 is 5.92 Å². The average Bonchev–Trinajstić information content (AvgIpc) is 3.34. The van der Waals surface area contributed by atoms with E-state index in [0.29, 0.717) is 22.4 Å². The molecule has 0 saturated carbocycles. The van der Waals surface area contributed by atoms with Gasteiger partial charge in [-0.3, -0.25) is 0 Å². The van der Waals surface area contributed by atoms with E-state index in [4.69, 9.17) is 0 Å². The molecule has 0 fully saturated rings. The first-order chi connectivity index (χ1) is 23.3. The Morgan fingerprint density at radius 2 is 1.28 bits per heavy atom. The number of pyridine rings is 2. The van der Waals surface area contributed by atoms with Gasteiger partial charge in [-0.2, -0.15) is 8.78 Å². The summed E-state index contributed by atoms with van der Waals surface area (Å²) in [6.07, 6.45) is 3.51. The van der Waals surface area contributed by atoms with Crippen LogP contribution in [0.15, 0.2) is 122 Å². The van der Waals surface area contributed by atoms with Crippen molar-refractivity contribution in [2.24, 2.45) is 0 Å². The molecular formula is C45H38F2IrN2-2. The summed E-state index contributed by atoms with van der Waals surface area (Å²) in [5.74, 6) is -3.11. The van der Waals surface area contributed by atoms with E-state index in [2.05, 4.69) is 87.9 Å². The Morgan fingerprint density at radius 3 is 2.02 bits per heavy atom. The molecule has 5 aromatic carbocycles. The maximum absolute atomic E-state index is 15.7. The summed E-state index contributed by atoms with van der Waals surface area (Å²) in [6.45, 7) is 13.4. The standard InChI is InChI=1S/C26H14F2N.C19H24N.Ir/c27-26(28)22-12-11-17-6-3-4-8-20(17)23(22)21-13-14-29-25(24(21)26)19-10-9-16-5-1-2-7-18(16)15-19;1-18(2,3)15-9-7-8-14(12-15)17-13-16(10-11-20-17)19(4,5)6;/h1-9,11-15H;7,9-13H,1-6H3;/q2*-1;. The quantitative estimate of drug-likeness (QED) is 0.162. The minimum absolute atomic E-state index is 0. The second kappa shape index (κ2) is 13.3. The monoisotopic (exact) mass is 837 g/mol. The SMILES string of the molecule is CC(C)(C)c1cc[c-]c(-c2cc(C(C)(C)C)ccn2)c1.FC1(F)c2ccc3ccccc3c2-c2ccnc(-c3[c-]cc4ccccc4c3)c21.[Ir]. The van der Waals surface area contributed by atoms with Crippen molar-refractivity contribution in [1.29, 1.82) is 0 Å². The van der Waals surface area contributed by atoms with Gasteiger partial charge in [-0.15, -0.1) is 64.5 Å². The van der Waals surface area contributed by atoms with E-state index in [1.54, 1.807) is 24.4 Å². The van der Waals surface area contributed by atoms with Gasteiger partial charge >= 0.3 is 0 Å². The molecule has 1 aliphatic rings. The van der Waals surface area contributed by atoms with Crippen LogP contribution in [0.25, 0.3) is 55.2 Å². The molecule has 0 aliphatic heterocycles. The number of aromatic nitrogens is 2. The first-order valence-electron chi connectivity index (χ1n) is 16.6. The van der Waals surface area contributed by atoms with Gasteiger partial charge in [-0.05, 0) is 61.8 Å². The van der Waals surface area contributed by atoms with Crippen LogP contribution in [0.1, 0.15) is 63.8 Å². The van der Waals surface area contributed by atoms with Crippen LogP contribution in [0.5, 0.6) is 0 Å². The predicted molar refractivity (Wildman–Crippen MR) is 198 cm³/mol. The molecule has 5 heteroatoms. The van der Waals surface area contributed by atoms with Crippen molar-refractivity contribution < 1.29 is 28.9 Å². The summed E-state index contributed by atoms with van der Waals surface area (Å²) in [6, 6.07) is 41.3. The fourth-order valence-corrected chi connectivity index (χ4v) is 6.54. The van der Waals surface area contributed by atoms with Gasteiger partial charge in [0, 0.05) is 43.6 Å². The molecule has 0 unspecified atom stereocenters. The topological polar surface area (TPSA) is 25.8 Å². The molecule has 2 aromatic heterocycles. The fourth-order valence-electron chi connectivity index (χ4n) is 6.54. The molecule has 0 atom stereocenters. The number of benzene rings is 5. The molecule has 0 spiro atoms. The normalized spacial score (nSPS) is 13.2. The van der Waals surface area contributed by atoms with Gasteiger partial charge in [0.05, 0.1) is 0 Å². The Balaban J connectivity index is 0.000000182. The molecule has 1 radical (unpaired) electrons. The molecule has 1 aliphatic carbocycles. The molecule has 0 N–H and O–H groups in total. The summed E-state index contributed by atoms with van der Waals surface area (Å²) < 4.78 is 31.3. The number of alkyl halides is 2. The maximum atomic E-state index is 15.7. The van der Waals surface area contributed by atoms with Crippen LogP contribution in [-0.2, 0) is 36.9 Å². The Morgan fingerprint density at radius 1 is 0.620 bits per heavy atom. The van der Waals surface area contributed by atoms with Crippen LogP contribution in [0.4, 0.5) is 8.78 Å². The van der Waals surface area contributed by atoms with Crippen molar-refractivity contribution in [3.05, 3.63) is 156 Å². The summed E-state index contributed by atoms with van der Waals surface area (Å²) >= 11 is 0. The summed E-state index contributed by atoms with van der Waals surface area (Å²) in [5.41, 5.74) is 7.01. The zero-order valence-corrected chi connectivity index (χ0v) is 31.4. The van der Waals surface area contributed by atoms with E-state index in [1.165, 1.54) is 11.1 Å². The second-order valence-corrected chi connectivity index (χ2v) is 14.8. The smallest absolute Gasteiger partial charge is 0.293 e. The molecule has 7 aromatic rings. The van der Waals surface area contributed by atoms with Crippen molar-refractivity contribution in [2.75, 3.05) is 0 Å². The minimum Gasteiger partial charge on any atom is -0.305 e. The summed E-state index contributed by atoms with van der Waals surface area (Å²) in [7, 11) is 0. The van der Waals surface area contributed by atoms with Crippen LogP contribution in [0.3, 0.4) is 0 Å². The van der Waals surface area contributed by atoms with E-state index in [1.807, 2.05) is 72.9 Å². The number of rotatable bonds is 2. The van der Waals surface area contributed by atoms with Crippen molar-refractivity contribution in [3.8, 4) is 33.6 Å².